The van der Waals surface area contributed by atoms with Crippen LogP contribution in [0, 0.1) is 0 Å². The van der Waals surface area contributed by atoms with Crippen LogP contribution in [0.5, 0.6) is 5.75 Å². The summed E-state index contributed by atoms with van der Waals surface area (Å²) in [6.07, 6.45) is 3.24. The molecule has 0 aliphatic rings. The SMILES string of the molecule is COC(=O)c1ncc(SCc2ccc(OC)cc2)cn1. The lowest BCUT2D eigenvalue weighted by molar-refractivity contribution is 0.0586. The van der Waals surface area contributed by atoms with Crippen LogP contribution in [0.2, 0.25) is 0 Å². The molecule has 0 atom stereocenters. The molecule has 1 aromatic carbocycles. The third-order valence-electron chi connectivity index (χ3n) is 2.56. The average Bonchev–Trinajstić information content (AvgIpc) is 2.53. The fraction of sp³-hybridized carbons (Fsp3) is 0.214. The zero-order chi connectivity index (χ0) is 14.4. The fourth-order valence-corrected chi connectivity index (χ4v) is 2.26. The Balaban J connectivity index is 1.94. The maximum Gasteiger partial charge on any atom is 0.376 e. The molecule has 0 saturated carbocycles. The third-order valence-corrected chi connectivity index (χ3v) is 3.58. The van der Waals surface area contributed by atoms with Gasteiger partial charge in [-0.25, -0.2) is 14.8 Å². The Kier molecular flexibility index (Phi) is 4.95. The van der Waals surface area contributed by atoms with Crippen molar-refractivity contribution in [2.75, 3.05) is 14.2 Å². The van der Waals surface area contributed by atoms with Crippen molar-refractivity contribution in [3.8, 4) is 5.75 Å². The first-order valence-corrected chi connectivity index (χ1v) is 6.87. The van der Waals surface area contributed by atoms with Crippen molar-refractivity contribution in [3.05, 3.63) is 48.0 Å². The van der Waals surface area contributed by atoms with Crippen LogP contribution in [-0.2, 0) is 10.5 Å². The van der Waals surface area contributed by atoms with Gasteiger partial charge in [0, 0.05) is 23.0 Å². The molecule has 0 aliphatic carbocycles. The highest BCUT2D eigenvalue weighted by atomic mass is 32.2. The number of hydrogen-bond donors (Lipinski definition) is 0. The molecule has 6 heteroatoms. The fourth-order valence-electron chi connectivity index (χ4n) is 1.48. The molecule has 20 heavy (non-hydrogen) atoms. The van der Waals surface area contributed by atoms with E-state index in [1.54, 1.807) is 31.3 Å². The first kappa shape index (κ1) is 14.3. The topological polar surface area (TPSA) is 61.3 Å². The summed E-state index contributed by atoms with van der Waals surface area (Å²) in [6.45, 7) is 0. The van der Waals surface area contributed by atoms with Crippen LogP contribution in [0.4, 0.5) is 0 Å². The van der Waals surface area contributed by atoms with Gasteiger partial charge in [-0.1, -0.05) is 12.1 Å². The summed E-state index contributed by atoms with van der Waals surface area (Å²) in [5.74, 6) is 1.17. The van der Waals surface area contributed by atoms with E-state index in [0.29, 0.717) is 0 Å². The molecule has 2 rings (SSSR count). The highest BCUT2D eigenvalue weighted by molar-refractivity contribution is 7.98. The lowest BCUT2D eigenvalue weighted by Crippen LogP contribution is -2.06. The van der Waals surface area contributed by atoms with Crippen LogP contribution in [-0.4, -0.2) is 30.2 Å². The number of carbonyl (C=O) groups excluding carboxylic acids is 1. The molecule has 1 heterocycles. The Morgan fingerprint density at radius 2 is 1.80 bits per heavy atom. The Morgan fingerprint density at radius 1 is 1.15 bits per heavy atom. The molecular weight excluding hydrogens is 276 g/mol. The number of methoxy groups -OCH3 is 2. The van der Waals surface area contributed by atoms with Crippen LogP contribution in [0.3, 0.4) is 0 Å². The number of aromatic nitrogens is 2. The molecule has 0 fully saturated rings. The molecular formula is C14H14N2O3S. The molecule has 0 saturated heterocycles. The molecule has 0 radical (unpaired) electrons. The van der Waals surface area contributed by atoms with Crippen molar-refractivity contribution < 1.29 is 14.3 Å². The molecule has 1 aromatic heterocycles. The lowest BCUT2D eigenvalue weighted by Gasteiger charge is -2.04. The minimum Gasteiger partial charge on any atom is -0.497 e. The van der Waals surface area contributed by atoms with E-state index in [1.807, 2.05) is 24.3 Å². The first-order chi connectivity index (χ1) is 9.72. The number of nitrogens with zero attached hydrogens (tertiary/aromatic N) is 2. The minimum absolute atomic E-state index is 0.0706. The summed E-state index contributed by atoms with van der Waals surface area (Å²) in [4.78, 5) is 20.0. The van der Waals surface area contributed by atoms with Crippen LogP contribution < -0.4 is 4.74 Å². The van der Waals surface area contributed by atoms with Gasteiger partial charge in [-0.3, -0.25) is 0 Å². The zero-order valence-electron chi connectivity index (χ0n) is 11.2. The summed E-state index contributed by atoms with van der Waals surface area (Å²) >= 11 is 1.60. The molecule has 0 bridgehead atoms. The maximum atomic E-state index is 11.2. The second-order valence-electron chi connectivity index (χ2n) is 3.87. The first-order valence-electron chi connectivity index (χ1n) is 5.89. The van der Waals surface area contributed by atoms with E-state index in [-0.39, 0.29) is 5.82 Å². The lowest BCUT2D eigenvalue weighted by atomic mass is 10.2. The number of thioether (sulfide) groups is 1. The Hall–Kier alpha value is -2.08. The minimum atomic E-state index is -0.531. The monoisotopic (exact) mass is 290 g/mol. The molecule has 0 aliphatic heterocycles. The molecule has 2 aromatic rings. The van der Waals surface area contributed by atoms with E-state index in [4.69, 9.17) is 4.74 Å². The zero-order valence-corrected chi connectivity index (χ0v) is 12.0. The van der Waals surface area contributed by atoms with E-state index >= 15 is 0 Å². The van der Waals surface area contributed by atoms with Gasteiger partial charge in [0.25, 0.3) is 0 Å². The van der Waals surface area contributed by atoms with Crippen molar-refractivity contribution in [2.45, 2.75) is 10.6 Å². The maximum absolute atomic E-state index is 11.2. The quantitative estimate of drug-likeness (QED) is 0.623. The molecule has 0 amide bonds. The van der Waals surface area contributed by atoms with Gasteiger partial charge in [0.2, 0.25) is 5.82 Å². The van der Waals surface area contributed by atoms with Crippen LogP contribution >= 0.6 is 11.8 Å². The summed E-state index contributed by atoms with van der Waals surface area (Å²) in [5.41, 5.74) is 1.17. The van der Waals surface area contributed by atoms with Gasteiger partial charge in [0.15, 0.2) is 0 Å². The standard InChI is InChI=1S/C14H14N2O3S/c1-18-11-5-3-10(4-6-11)9-20-12-7-15-13(16-8-12)14(17)19-2/h3-8H,9H2,1-2H3. The van der Waals surface area contributed by atoms with E-state index in [9.17, 15) is 4.79 Å². The number of ether oxygens (including phenoxy) is 2. The van der Waals surface area contributed by atoms with Gasteiger partial charge in [-0.15, -0.1) is 11.8 Å². The van der Waals surface area contributed by atoms with Gasteiger partial charge >= 0.3 is 5.97 Å². The number of carbonyl (C=O) groups is 1. The highest BCUT2D eigenvalue weighted by Crippen LogP contribution is 2.22. The number of rotatable bonds is 5. The van der Waals surface area contributed by atoms with Crippen molar-refractivity contribution in [1.82, 2.24) is 9.97 Å². The predicted octanol–water partition coefficient (Wildman–Crippen LogP) is 2.56. The largest absolute Gasteiger partial charge is 0.497 e. The van der Waals surface area contributed by atoms with Gasteiger partial charge in [-0.05, 0) is 17.7 Å². The van der Waals surface area contributed by atoms with Gasteiger partial charge < -0.3 is 9.47 Å². The normalized spacial score (nSPS) is 10.1. The number of esters is 1. The molecule has 0 N–H and O–H groups in total. The second kappa shape index (κ2) is 6.91. The van der Waals surface area contributed by atoms with Crippen LogP contribution in [0.25, 0.3) is 0 Å². The summed E-state index contributed by atoms with van der Waals surface area (Å²) in [7, 11) is 2.95. The second-order valence-corrected chi connectivity index (χ2v) is 4.92. The highest BCUT2D eigenvalue weighted by Gasteiger charge is 2.08. The third kappa shape index (κ3) is 3.71. The van der Waals surface area contributed by atoms with E-state index in [2.05, 4.69) is 14.7 Å². The van der Waals surface area contributed by atoms with E-state index in [1.165, 1.54) is 12.7 Å². The molecule has 5 nitrogen and oxygen atoms in total. The average molecular weight is 290 g/mol. The molecule has 104 valence electrons. The van der Waals surface area contributed by atoms with E-state index < -0.39 is 5.97 Å². The Bertz CT molecular complexity index is 570. The number of hydrogen-bond acceptors (Lipinski definition) is 6. The van der Waals surface area contributed by atoms with Crippen molar-refractivity contribution in [2.24, 2.45) is 0 Å². The van der Waals surface area contributed by atoms with Crippen LogP contribution in [0.15, 0.2) is 41.6 Å². The van der Waals surface area contributed by atoms with Crippen molar-refractivity contribution in [3.63, 3.8) is 0 Å². The van der Waals surface area contributed by atoms with Crippen molar-refractivity contribution >= 4 is 17.7 Å². The Labute approximate surface area is 121 Å². The van der Waals surface area contributed by atoms with Crippen LogP contribution in [0.1, 0.15) is 16.2 Å². The van der Waals surface area contributed by atoms with Gasteiger partial charge in [-0.2, -0.15) is 0 Å². The van der Waals surface area contributed by atoms with Crippen molar-refractivity contribution in [1.29, 1.82) is 0 Å². The van der Waals surface area contributed by atoms with Gasteiger partial charge in [0.1, 0.15) is 5.75 Å². The van der Waals surface area contributed by atoms with E-state index in [0.717, 1.165) is 16.4 Å². The molecule has 0 unspecified atom stereocenters. The summed E-state index contributed by atoms with van der Waals surface area (Å²) in [5, 5.41) is 0. The molecule has 0 spiro atoms. The summed E-state index contributed by atoms with van der Waals surface area (Å²) < 4.78 is 9.65. The smallest absolute Gasteiger partial charge is 0.376 e. The van der Waals surface area contributed by atoms with Gasteiger partial charge in [0.05, 0.1) is 14.2 Å². The summed E-state index contributed by atoms with van der Waals surface area (Å²) in [6, 6.07) is 7.87. The Morgan fingerprint density at radius 3 is 2.35 bits per heavy atom. The number of benzene rings is 1. The predicted molar refractivity (Wildman–Crippen MR) is 75.9 cm³/mol.